The lowest BCUT2D eigenvalue weighted by Gasteiger charge is -2.21. The normalized spacial score (nSPS) is 18.9. The minimum Gasteiger partial charge on any atom is -0.436 e. The van der Waals surface area contributed by atoms with Crippen LogP contribution in [0.25, 0.3) is 0 Å². The number of aromatic nitrogens is 1. The van der Waals surface area contributed by atoms with Crippen LogP contribution in [0.2, 0.25) is 0 Å². The molecule has 0 spiro atoms. The molecule has 0 aromatic carbocycles. The number of oxazole rings is 1. The molecule has 0 unspecified atom stereocenters. The molecule has 1 saturated carbocycles. The standard InChI is InChI=1S/C7H8BrNO/c8-7-9-4-6(10-7)5-2-1-3-5/h4-5H,1-3H2. The van der Waals surface area contributed by atoms with Crippen LogP contribution in [0.1, 0.15) is 30.9 Å². The van der Waals surface area contributed by atoms with Crippen LogP contribution in [0, 0.1) is 0 Å². The predicted molar refractivity (Wildman–Crippen MR) is 40.8 cm³/mol. The summed E-state index contributed by atoms with van der Waals surface area (Å²) in [7, 11) is 0. The van der Waals surface area contributed by atoms with E-state index in [2.05, 4.69) is 20.9 Å². The molecule has 0 amide bonds. The van der Waals surface area contributed by atoms with Gasteiger partial charge in [-0.3, -0.25) is 0 Å². The van der Waals surface area contributed by atoms with Gasteiger partial charge in [0.2, 0.25) is 0 Å². The van der Waals surface area contributed by atoms with Gasteiger partial charge in [0, 0.05) is 21.8 Å². The fourth-order valence-electron chi connectivity index (χ4n) is 1.15. The van der Waals surface area contributed by atoms with Gasteiger partial charge in [-0.2, -0.15) is 0 Å². The Morgan fingerprint density at radius 3 is 2.80 bits per heavy atom. The van der Waals surface area contributed by atoms with Gasteiger partial charge in [-0.05, 0) is 12.8 Å². The van der Waals surface area contributed by atoms with Crippen molar-refractivity contribution in [2.24, 2.45) is 0 Å². The van der Waals surface area contributed by atoms with Gasteiger partial charge in [-0.25, -0.2) is 4.98 Å². The number of nitrogens with zero attached hydrogens (tertiary/aromatic N) is 1. The molecule has 0 saturated heterocycles. The molecule has 2 rings (SSSR count). The van der Waals surface area contributed by atoms with Crippen molar-refractivity contribution in [1.29, 1.82) is 0 Å². The topological polar surface area (TPSA) is 26.0 Å². The summed E-state index contributed by atoms with van der Waals surface area (Å²) < 4.78 is 5.29. The average Bonchev–Trinajstić information content (AvgIpc) is 2.10. The zero-order chi connectivity index (χ0) is 6.97. The van der Waals surface area contributed by atoms with E-state index < -0.39 is 0 Å². The Kier molecular flexibility index (Phi) is 1.52. The van der Waals surface area contributed by atoms with E-state index in [-0.39, 0.29) is 0 Å². The van der Waals surface area contributed by atoms with Crippen molar-refractivity contribution in [2.45, 2.75) is 25.2 Å². The minimum atomic E-state index is 0.606. The van der Waals surface area contributed by atoms with Crippen LogP contribution < -0.4 is 0 Å². The van der Waals surface area contributed by atoms with Crippen LogP contribution in [-0.4, -0.2) is 4.98 Å². The zero-order valence-electron chi connectivity index (χ0n) is 5.51. The highest BCUT2D eigenvalue weighted by atomic mass is 79.9. The molecule has 1 aliphatic carbocycles. The molecule has 0 radical (unpaired) electrons. The van der Waals surface area contributed by atoms with Crippen molar-refractivity contribution in [3.63, 3.8) is 0 Å². The summed E-state index contributed by atoms with van der Waals surface area (Å²) in [5.41, 5.74) is 0. The average molecular weight is 202 g/mol. The molecule has 10 heavy (non-hydrogen) atoms. The summed E-state index contributed by atoms with van der Waals surface area (Å²) in [5.74, 6) is 1.69. The lowest BCUT2D eigenvalue weighted by atomic mass is 9.84. The third-order valence-electron chi connectivity index (χ3n) is 2.00. The Labute approximate surface area is 67.8 Å². The fraction of sp³-hybridized carbons (Fsp3) is 0.571. The van der Waals surface area contributed by atoms with Crippen molar-refractivity contribution < 1.29 is 4.42 Å². The molecule has 0 N–H and O–H groups in total. The highest BCUT2D eigenvalue weighted by molar-refractivity contribution is 9.10. The quantitative estimate of drug-likeness (QED) is 0.699. The SMILES string of the molecule is Brc1ncc(C2CCC2)o1. The van der Waals surface area contributed by atoms with Crippen molar-refractivity contribution in [2.75, 3.05) is 0 Å². The van der Waals surface area contributed by atoms with Gasteiger partial charge in [-0.15, -0.1) is 0 Å². The smallest absolute Gasteiger partial charge is 0.264 e. The van der Waals surface area contributed by atoms with E-state index in [0.29, 0.717) is 10.7 Å². The number of rotatable bonds is 1. The van der Waals surface area contributed by atoms with E-state index in [1.165, 1.54) is 19.3 Å². The molecule has 1 aromatic heterocycles. The third kappa shape index (κ3) is 0.985. The Bertz CT molecular complexity index is 229. The van der Waals surface area contributed by atoms with Crippen LogP contribution in [0.15, 0.2) is 15.4 Å². The monoisotopic (exact) mass is 201 g/mol. The van der Waals surface area contributed by atoms with E-state index in [1.807, 2.05) is 6.20 Å². The van der Waals surface area contributed by atoms with Crippen LogP contribution in [0.4, 0.5) is 0 Å². The molecule has 1 aromatic rings. The molecule has 0 atom stereocenters. The summed E-state index contributed by atoms with van der Waals surface area (Å²) >= 11 is 3.18. The Morgan fingerprint density at radius 2 is 2.40 bits per heavy atom. The largest absolute Gasteiger partial charge is 0.436 e. The predicted octanol–water partition coefficient (Wildman–Crippen LogP) is 2.70. The number of hydrogen-bond acceptors (Lipinski definition) is 2. The third-order valence-corrected chi connectivity index (χ3v) is 2.37. The number of hydrogen-bond donors (Lipinski definition) is 0. The van der Waals surface area contributed by atoms with Crippen LogP contribution in [0.5, 0.6) is 0 Å². The summed E-state index contributed by atoms with van der Waals surface area (Å²) in [5, 5.41) is 0. The zero-order valence-corrected chi connectivity index (χ0v) is 7.10. The maximum atomic E-state index is 5.29. The van der Waals surface area contributed by atoms with Crippen molar-refractivity contribution in [3.05, 3.63) is 16.8 Å². The van der Waals surface area contributed by atoms with Gasteiger partial charge in [0.15, 0.2) is 0 Å². The van der Waals surface area contributed by atoms with Gasteiger partial charge in [0.1, 0.15) is 5.76 Å². The fourth-order valence-corrected chi connectivity index (χ4v) is 1.44. The van der Waals surface area contributed by atoms with E-state index in [9.17, 15) is 0 Å². The minimum absolute atomic E-state index is 0.606. The maximum Gasteiger partial charge on any atom is 0.264 e. The first-order chi connectivity index (χ1) is 4.86. The molecular formula is C7H8BrNO. The summed E-state index contributed by atoms with van der Waals surface area (Å²) in [6.45, 7) is 0. The van der Waals surface area contributed by atoms with E-state index in [4.69, 9.17) is 4.42 Å². The van der Waals surface area contributed by atoms with Gasteiger partial charge >= 0.3 is 0 Å². The molecule has 0 aliphatic heterocycles. The highest BCUT2D eigenvalue weighted by Crippen LogP contribution is 2.36. The molecule has 1 heterocycles. The molecule has 0 bridgehead atoms. The first-order valence-corrected chi connectivity index (χ1v) is 4.27. The second-order valence-corrected chi connectivity index (χ2v) is 3.32. The summed E-state index contributed by atoms with van der Waals surface area (Å²) in [6.07, 6.45) is 5.68. The molecule has 54 valence electrons. The van der Waals surface area contributed by atoms with E-state index >= 15 is 0 Å². The first-order valence-electron chi connectivity index (χ1n) is 3.47. The molecule has 3 heteroatoms. The lowest BCUT2D eigenvalue weighted by molar-refractivity contribution is 0.339. The van der Waals surface area contributed by atoms with Gasteiger partial charge in [0.25, 0.3) is 4.80 Å². The number of halogens is 1. The van der Waals surface area contributed by atoms with Crippen LogP contribution in [0.3, 0.4) is 0 Å². The van der Waals surface area contributed by atoms with Crippen LogP contribution in [-0.2, 0) is 0 Å². The first kappa shape index (κ1) is 6.40. The second kappa shape index (κ2) is 2.38. The van der Waals surface area contributed by atoms with E-state index in [1.54, 1.807) is 0 Å². The Hall–Kier alpha value is -0.310. The van der Waals surface area contributed by atoms with E-state index in [0.717, 1.165) is 5.76 Å². The Balaban J connectivity index is 2.17. The molecule has 1 fully saturated rings. The lowest BCUT2D eigenvalue weighted by Crippen LogP contribution is -2.07. The van der Waals surface area contributed by atoms with Crippen molar-refractivity contribution in [3.8, 4) is 0 Å². The van der Waals surface area contributed by atoms with Gasteiger partial charge < -0.3 is 4.42 Å². The Morgan fingerprint density at radius 1 is 1.60 bits per heavy atom. The highest BCUT2D eigenvalue weighted by Gasteiger charge is 2.22. The molecule has 1 aliphatic rings. The van der Waals surface area contributed by atoms with Crippen LogP contribution >= 0.6 is 15.9 Å². The summed E-state index contributed by atoms with van der Waals surface area (Å²) in [6, 6.07) is 0. The maximum absolute atomic E-state index is 5.29. The van der Waals surface area contributed by atoms with Gasteiger partial charge in [0.05, 0.1) is 6.20 Å². The second-order valence-electron chi connectivity index (χ2n) is 2.64. The molecule has 2 nitrogen and oxygen atoms in total. The van der Waals surface area contributed by atoms with Gasteiger partial charge in [-0.1, -0.05) is 6.42 Å². The summed E-state index contributed by atoms with van der Waals surface area (Å²) in [4.78, 5) is 4.58. The molecular weight excluding hydrogens is 194 g/mol. The van der Waals surface area contributed by atoms with Crippen molar-refractivity contribution >= 4 is 15.9 Å². The van der Waals surface area contributed by atoms with Crippen molar-refractivity contribution in [1.82, 2.24) is 4.98 Å².